The zero-order chi connectivity index (χ0) is 22.3. The lowest BCUT2D eigenvalue weighted by Crippen LogP contribution is -2.31. The van der Waals surface area contributed by atoms with Crippen LogP contribution >= 0.6 is 0 Å². The third-order valence-corrected chi connectivity index (χ3v) is 5.80. The normalized spacial score (nSPS) is 14.6. The first-order valence-electron chi connectivity index (χ1n) is 11.1. The number of hydrogen-bond acceptors (Lipinski definition) is 5. The van der Waals surface area contributed by atoms with E-state index in [9.17, 15) is 4.79 Å². The number of rotatable bonds is 6. The number of hydrogen-bond donors (Lipinski definition) is 1. The van der Waals surface area contributed by atoms with Crippen LogP contribution in [0.15, 0.2) is 66.9 Å². The molecule has 4 rings (SSSR count). The fourth-order valence-corrected chi connectivity index (χ4v) is 3.99. The second-order valence-electron chi connectivity index (χ2n) is 8.16. The third-order valence-electron chi connectivity index (χ3n) is 5.80. The van der Waals surface area contributed by atoms with Crippen LogP contribution < -0.4 is 15.0 Å². The molecule has 1 N–H and O–H groups in total. The Morgan fingerprint density at radius 2 is 1.81 bits per heavy atom. The predicted octanol–water partition coefficient (Wildman–Crippen LogP) is 4.36. The Bertz CT molecular complexity index is 1030. The Morgan fingerprint density at radius 1 is 1.00 bits per heavy atom. The summed E-state index contributed by atoms with van der Waals surface area (Å²) in [6.07, 6.45) is 2.82. The van der Waals surface area contributed by atoms with Gasteiger partial charge in [0, 0.05) is 32.7 Å². The molecule has 1 amide bonds. The molecule has 6 nitrogen and oxygen atoms in total. The van der Waals surface area contributed by atoms with E-state index in [1.54, 1.807) is 25.4 Å². The first-order chi connectivity index (χ1) is 15.6. The van der Waals surface area contributed by atoms with Crippen molar-refractivity contribution in [3.8, 4) is 5.75 Å². The van der Waals surface area contributed by atoms with Gasteiger partial charge in [0.1, 0.15) is 11.6 Å². The molecule has 0 unspecified atom stereocenters. The van der Waals surface area contributed by atoms with E-state index >= 15 is 0 Å². The van der Waals surface area contributed by atoms with E-state index in [2.05, 4.69) is 51.3 Å². The first-order valence-corrected chi connectivity index (χ1v) is 11.1. The second-order valence-corrected chi connectivity index (χ2v) is 8.16. The molecule has 6 heteroatoms. The topological polar surface area (TPSA) is 57.7 Å². The van der Waals surface area contributed by atoms with Crippen LogP contribution in [-0.4, -0.2) is 49.1 Å². The van der Waals surface area contributed by atoms with Crippen molar-refractivity contribution in [1.29, 1.82) is 0 Å². The summed E-state index contributed by atoms with van der Waals surface area (Å²) < 4.78 is 5.28. The van der Waals surface area contributed by atoms with Crippen LogP contribution in [0.25, 0.3) is 0 Å². The van der Waals surface area contributed by atoms with Crippen LogP contribution in [0, 0.1) is 6.92 Å². The van der Waals surface area contributed by atoms with Crippen molar-refractivity contribution in [2.24, 2.45) is 0 Å². The number of benzene rings is 2. The number of nitrogens with zero attached hydrogens (tertiary/aromatic N) is 3. The zero-order valence-electron chi connectivity index (χ0n) is 18.8. The maximum absolute atomic E-state index is 12.6. The lowest BCUT2D eigenvalue weighted by molar-refractivity contribution is 0.102. The van der Waals surface area contributed by atoms with Gasteiger partial charge >= 0.3 is 0 Å². The van der Waals surface area contributed by atoms with Crippen LogP contribution in [0.3, 0.4) is 0 Å². The molecule has 32 heavy (non-hydrogen) atoms. The van der Waals surface area contributed by atoms with E-state index in [0.717, 1.165) is 45.0 Å². The molecule has 166 valence electrons. The minimum atomic E-state index is -0.210. The van der Waals surface area contributed by atoms with Gasteiger partial charge in [-0.05, 0) is 43.2 Å². The Morgan fingerprint density at radius 3 is 2.56 bits per heavy atom. The third kappa shape index (κ3) is 5.45. The molecule has 1 aliphatic heterocycles. The molecule has 1 fully saturated rings. The predicted molar refractivity (Wildman–Crippen MR) is 128 cm³/mol. The van der Waals surface area contributed by atoms with Gasteiger partial charge in [-0.1, -0.05) is 42.0 Å². The number of aromatic nitrogens is 1. The molecule has 0 atom stereocenters. The number of para-hydroxylation sites is 1. The van der Waals surface area contributed by atoms with E-state index in [1.807, 2.05) is 24.3 Å². The van der Waals surface area contributed by atoms with E-state index in [1.165, 1.54) is 11.1 Å². The molecule has 1 saturated heterocycles. The molecule has 0 aliphatic carbocycles. The number of pyridine rings is 1. The lowest BCUT2D eigenvalue weighted by Gasteiger charge is -2.23. The number of carbonyl (C=O) groups is 1. The molecule has 0 radical (unpaired) electrons. The van der Waals surface area contributed by atoms with E-state index in [-0.39, 0.29) is 5.91 Å². The van der Waals surface area contributed by atoms with Crippen LogP contribution in [0.2, 0.25) is 0 Å². The number of nitrogens with one attached hydrogen (secondary N) is 1. The van der Waals surface area contributed by atoms with Gasteiger partial charge in [0.2, 0.25) is 0 Å². The highest BCUT2D eigenvalue weighted by molar-refractivity contribution is 6.06. The van der Waals surface area contributed by atoms with Crippen LogP contribution in [0.1, 0.15) is 27.9 Å². The van der Waals surface area contributed by atoms with Gasteiger partial charge in [-0.3, -0.25) is 9.69 Å². The Hall–Kier alpha value is -3.38. The van der Waals surface area contributed by atoms with Gasteiger partial charge in [0.15, 0.2) is 0 Å². The van der Waals surface area contributed by atoms with Gasteiger partial charge in [-0.15, -0.1) is 0 Å². The monoisotopic (exact) mass is 430 g/mol. The summed E-state index contributed by atoms with van der Waals surface area (Å²) in [5, 5.41) is 2.91. The van der Waals surface area contributed by atoms with Crippen molar-refractivity contribution in [2.45, 2.75) is 19.9 Å². The van der Waals surface area contributed by atoms with E-state index in [4.69, 9.17) is 4.74 Å². The summed E-state index contributed by atoms with van der Waals surface area (Å²) in [4.78, 5) is 22.0. The number of ether oxygens (including phenoxy) is 1. The summed E-state index contributed by atoms with van der Waals surface area (Å²) in [5.74, 6) is 1.28. The molecule has 0 spiro atoms. The molecular formula is C26H30N4O2. The zero-order valence-corrected chi connectivity index (χ0v) is 18.8. The summed E-state index contributed by atoms with van der Waals surface area (Å²) in [7, 11) is 1.56. The minimum absolute atomic E-state index is 0.210. The smallest absolute Gasteiger partial charge is 0.259 e. The fraction of sp³-hybridized carbons (Fsp3) is 0.308. The summed E-state index contributed by atoms with van der Waals surface area (Å²) in [5.41, 5.74) is 3.82. The molecule has 1 aromatic heterocycles. The standard InChI is InChI=1S/C26H30N4O2/c1-20-8-10-21(11-9-20)19-29-14-5-15-30(17-16-29)25-13-12-22(18-27-25)28-26(31)23-6-3-4-7-24(23)32-2/h3-4,6-13,18H,5,14-17,19H2,1-2H3,(H,28,31). The fourth-order valence-electron chi connectivity index (χ4n) is 3.99. The average molecular weight is 431 g/mol. The van der Waals surface area contributed by atoms with E-state index in [0.29, 0.717) is 17.0 Å². The highest BCUT2D eigenvalue weighted by atomic mass is 16.5. The van der Waals surface area contributed by atoms with Gasteiger partial charge < -0.3 is 15.0 Å². The highest BCUT2D eigenvalue weighted by Gasteiger charge is 2.17. The van der Waals surface area contributed by atoms with Crippen LogP contribution in [0.4, 0.5) is 11.5 Å². The second kappa shape index (κ2) is 10.3. The summed E-state index contributed by atoms with van der Waals surface area (Å²) in [6.45, 7) is 7.10. The van der Waals surface area contributed by atoms with Crippen molar-refractivity contribution in [1.82, 2.24) is 9.88 Å². The maximum atomic E-state index is 12.6. The molecule has 1 aliphatic rings. The van der Waals surface area contributed by atoms with Gasteiger partial charge in [0.25, 0.3) is 5.91 Å². The Kier molecular flexibility index (Phi) is 7.02. The number of amides is 1. The molecule has 2 aromatic carbocycles. The molecule has 2 heterocycles. The molecule has 3 aromatic rings. The largest absolute Gasteiger partial charge is 0.496 e. The van der Waals surface area contributed by atoms with Gasteiger partial charge in [-0.25, -0.2) is 4.98 Å². The lowest BCUT2D eigenvalue weighted by atomic mass is 10.1. The minimum Gasteiger partial charge on any atom is -0.496 e. The number of aryl methyl sites for hydroxylation is 1. The molecule has 0 bridgehead atoms. The Balaban J connectivity index is 1.34. The number of anilines is 2. The molecule has 0 saturated carbocycles. The highest BCUT2D eigenvalue weighted by Crippen LogP contribution is 2.21. The SMILES string of the molecule is COc1ccccc1C(=O)Nc1ccc(N2CCCN(Cc3ccc(C)cc3)CC2)nc1. The Labute approximate surface area is 189 Å². The van der Waals surface area contributed by atoms with Crippen molar-refractivity contribution in [3.05, 3.63) is 83.6 Å². The van der Waals surface area contributed by atoms with Crippen molar-refractivity contribution >= 4 is 17.4 Å². The van der Waals surface area contributed by atoms with E-state index < -0.39 is 0 Å². The number of methoxy groups -OCH3 is 1. The van der Waals surface area contributed by atoms with Crippen LogP contribution in [0.5, 0.6) is 5.75 Å². The first kappa shape index (κ1) is 21.8. The quantitative estimate of drug-likeness (QED) is 0.630. The summed E-state index contributed by atoms with van der Waals surface area (Å²) in [6, 6.07) is 19.9. The van der Waals surface area contributed by atoms with Crippen molar-refractivity contribution in [2.75, 3.05) is 43.5 Å². The molecular weight excluding hydrogens is 400 g/mol. The summed E-state index contributed by atoms with van der Waals surface area (Å²) >= 11 is 0. The van der Waals surface area contributed by atoms with Gasteiger partial charge in [-0.2, -0.15) is 0 Å². The number of carbonyl (C=O) groups excluding carboxylic acids is 1. The maximum Gasteiger partial charge on any atom is 0.259 e. The average Bonchev–Trinajstić information content (AvgIpc) is 3.06. The van der Waals surface area contributed by atoms with Crippen LogP contribution in [-0.2, 0) is 6.54 Å². The van der Waals surface area contributed by atoms with Gasteiger partial charge in [0.05, 0.1) is 24.6 Å². The van der Waals surface area contributed by atoms with Crippen molar-refractivity contribution < 1.29 is 9.53 Å². The van der Waals surface area contributed by atoms with Crippen molar-refractivity contribution in [3.63, 3.8) is 0 Å².